The van der Waals surface area contributed by atoms with Gasteiger partial charge in [0.2, 0.25) is 5.91 Å². The first-order valence-corrected chi connectivity index (χ1v) is 16.8. The lowest BCUT2D eigenvalue weighted by atomic mass is 9.81. The second-order valence-corrected chi connectivity index (χ2v) is 13.1. The molecule has 2 aromatic carbocycles. The maximum absolute atomic E-state index is 13.8. The molecule has 4 aromatic rings. The Kier molecular flexibility index (Phi) is 10.6. The van der Waals surface area contributed by atoms with Gasteiger partial charge in [-0.1, -0.05) is 39.2 Å². The Hall–Kier alpha value is -3.76. The zero-order valence-electron chi connectivity index (χ0n) is 27.4. The monoisotopic (exact) mass is 630 g/mol. The van der Waals surface area contributed by atoms with Crippen LogP contribution in [0.5, 0.6) is 5.75 Å². The Balaban J connectivity index is 0.00000196. The maximum Gasteiger partial charge on any atom is 0.262 e. The van der Waals surface area contributed by atoms with Crippen LogP contribution in [-0.2, 0) is 31.4 Å². The summed E-state index contributed by atoms with van der Waals surface area (Å²) in [6.07, 6.45) is 10.2. The molecule has 2 N–H and O–H groups in total. The molecule has 1 aliphatic carbocycles. The van der Waals surface area contributed by atoms with Crippen molar-refractivity contribution in [3.63, 3.8) is 0 Å². The number of hydrogen-bond acceptors (Lipinski definition) is 6. The molecule has 2 aromatic heterocycles. The minimum Gasteiger partial charge on any atom is -0.497 e. The number of hydrogen-bond donors (Lipinski definition) is 2. The minimum absolute atomic E-state index is 0.00961. The zero-order chi connectivity index (χ0) is 32.1. The van der Waals surface area contributed by atoms with Gasteiger partial charge in [0.15, 0.2) is 0 Å². The number of aromatic nitrogens is 3. The van der Waals surface area contributed by atoms with Crippen molar-refractivity contribution >= 4 is 34.9 Å². The molecule has 0 radical (unpaired) electrons. The Bertz CT molecular complexity index is 1650. The molecule has 45 heavy (non-hydrogen) atoms. The zero-order valence-corrected chi connectivity index (χ0v) is 28.2. The van der Waals surface area contributed by atoms with Crippen molar-refractivity contribution in [3.05, 3.63) is 71.3 Å². The van der Waals surface area contributed by atoms with Crippen molar-refractivity contribution in [2.45, 2.75) is 71.4 Å². The number of nitrogens with one attached hydrogen (secondary N) is 2. The van der Waals surface area contributed by atoms with Crippen molar-refractivity contribution in [2.24, 2.45) is 13.0 Å². The van der Waals surface area contributed by atoms with Gasteiger partial charge in [0.05, 0.1) is 37.3 Å². The minimum atomic E-state index is -0.313. The van der Waals surface area contributed by atoms with Gasteiger partial charge in [0.25, 0.3) is 5.91 Å². The van der Waals surface area contributed by atoms with Crippen LogP contribution in [0.25, 0.3) is 22.2 Å². The number of carbonyl (C=O) groups excluding carboxylic acids is 2. The predicted molar refractivity (Wildman–Crippen MR) is 182 cm³/mol. The number of rotatable bonds is 8. The van der Waals surface area contributed by atoms with Crippen molar-refractivity contribution in [2.75, 3.05) is 21.2 Å². The number of imidazole rings is 1. The molecule has 0 saturated heterocycles. The largest absolute Gasteiger partial charge is 0.497 e. The van der Waals surface area contributed by atoms with E-state index in [1.165, 1.54) is 48.0 Å². The number of carbonyl (C=O) groups is 2. The predicted octanol–water partition coefficient (Wildman–Crippen LogP) is 6.47. The van der Waals surface area contributed by atoms with E-state index in [1.54, 1.807) is 13.4 Å². The molecule has 2 aliphatic rings. The van der Waals surface area contributed by atoms with Gasteiger partial charge in [0, 0.05) is 54.0 Å². The van der Waals surface area contributed by atoms with Crippen molar-refractivity contribution in [1.82, 2.24) is 28.5 Å². The summed E-state index contributed by atoms with van der Waals surface area (Å²) < 4.78 is 14.6. The SMILES string of the molecule is CC.COc1ccc2c(c1)CC(C(=O)NCc1cn(C)cn1)Cn1c-2c(C2CCCCC2)c2ccc(C(=O)NSN(C)C)cc21. The van der Waals surface area contributed by atoms with Crippen LogP contribution in [0.4, 0.5) is 0 Å². The number of fused-ring (bicyclic) bond motifs is 5. The van der Waals surface area contributed by atoms with Crippen LogP contribution < -0.4 is 14.8 Å². The lowest BCUT2D eigenvalue weighted by molar-refractivity contribution is -0.125. The average Bonchev–Trinajstić information content (AvgIpc) is 3.57. The summed E-state index contributed by atoms with van der Waals surface area (Å²) in [6.45, 7) is 4.89. The van der Waals surface area contributed by atoms with Gasteiger partial charge in [-0.25, -0.2) is 9.29 Å². The van der Waals surface area contributed by atoms with E-state index in [0.29, 0.717) is 31.0 Å². The third kappa shape index (κ3) is 7.07. The molecule has 240 valence electrons. The van der Waals surface area contributed by atoms with Crippen LogP contribution in [-0.4, -0.2) is 51.4 Å². The molecule has 1 unspecified atom stereocenters. The average molecular weight is 631 g/mol. The highest BCUT2D eigenvalue weighted by molar-refractivity contribution is 7.95. The van der Waals surface area contributed by atoms with Gasteiger partial charge in [-0.05, 0) is 80.7 Å². The summed E-state index contributed by atoms with van der Waals surface area (Å²) in [5.41, 5.74) is 7.22. The van der Waals surface area contributed by atoms with E-state index in [2.05, 4.69) is 37.8 Å². The second kappa shape index (κ2) is 14.6. The van der Waals surface area contributed by atoms with Gasteiger partial charge in [-0.2, -0.15) is 0 Å². The summed E-state index contributed by atoms with van der Waals surface area (Å²) in [7, 11) is 7.39. The molecular weight excluding hydrogens is 584 g/mol. The van der Waals surface area contributed by atoms with Crippen LogP contribution in [0.3, 0.4) is 0 Å². The topological polar surface area (TPSA) is 93.4 Å². The van der Waals surface area contributed by atoms with E-state index >= 15 is 0 Å². The molecular formula is C35H46N6O3S. The molecule has 1 aliphatic heterocycles. The van der Waals surface area contributed by atoms with E-state index in [-0.39, 0.29) is 17.7 Å². The molecule has 10 heteroatoms. The molecule has 2 amide bonds. The highest BCUT2D eigenvalue weighted by Crippen LogP contribution is 2.47. The van der Waals surface area contributed by atoms with Gasteiger partial charge >= 0.3 is 0 Å². The standard InChI is InChI=1S/C33H40N6O3S.C2H6/c1-37(2)43-36-33(41)22-10-12-28-29(16-22)39-18-24(32(40)34-17-25-19-38(3)20-35-25)14-23-15-26(42-4)11-13-27(23)31(39)30(28)21-8-6-5-7-9-21;1-2/h10-13,15-16,19-21,24H,5-9,14,17-18H2,1-4H3,(H,34,40)(H,36,41);1-2H3. The lowest BCUT2D eigenvalue weighted by Crippen LogP contribution is -2.33. The van der Waals surface area contributed by atoms with Crippen LogP contribution in [0.2, 0.25) is 0 Å². The van der Waals surface area contributed by atoms with Crippen molar-refractivity contribution in [3.8, 4) is 17.0 Å². The molecule has 0 spiro atoms. The first-order valence-electron chi connectivity index (χ1n) is 16.0. The summed E-state index contributed by atoms with van der Waals surface area (Å²) >= 11 is 1.26. The fourth-order valence-corrected chi connectivity index (χ4v) is 7.08. The first-order chi connectivity index (χ1) is 21.8. The van der Waals surface area contributed by atoms with Crippen LogP contribution >= 0.6 is 12.1 Å². The van der Waals surface area contributed by atoms with E-state index in [9.17, 15) is 9.59 Å². The van der Waals surface area contributed by atoms with Crippen LogP contribution in [0.15, 0.2) is 48.9 Å². The van der Waals surface area contributed by atoms with Gasteiger partial charge < -0.3 is 19.2 Å². The van der Waals surface area contributed by atoms with Gasteiger partial charge in [0.1, 0.15) is 5.75 Å². The van der Waals surface area contributed by atoms with E-state index in [1.807, 2.05) is 68.3 Å². The van der Waals surface area contributed by atoms with Crippen LogP contribution in [0, 0.1) is 5.92 Å². The Labute approximate surface area is 271 Å². The molecule has 9 nitrogen and oxygen atoms in total. The highest BCUT2D eigenvalue weighted by Gasteiger charge is 2.33. The Morgan fingerprint density at radius 2 is 1.87 bits per heavy atom. The smallest absolute Gasteiger partial charge is 0.262 e. The third-order valence-electron chi connectivity index (χ3n) is 8.71. The summed E-state index contributed by atoms with van der Waals surface area (Å²) in [6, 6.07) is 12.3. The summed E-state index contributed by atoms with van der Waals surface area (Å²) in [4.78, 5) is 31.3. The maximum atomic E-state index is 13.8. The lowest BCUT2D eigenvalue weighted by Gasteiger charge is -2.24. The van der Waals surface area contributed by atoms with E-state index < -0.39 is 0 Å². The Morgan fingerprint density at radius 3 is 2.56 bits per heavy atom. The van der Waals surface area contributed by atoms with Gasteiger partial charge in [-0.15, -0.1) is 0 Å². The van der Waals surface area contributed by atoms with Crippen molar-refractivity contribution < 1.29 is 14.3 Å². The number of aryl methyl sites for hydroxylation is 1. The third-order valence-corrected chi connectivity index (χ3v) is 9.35. The molecule has 1 atom stereocenters. The van der Waals surface area contributed by atoms with E-state index in [0.717, 1.165) is 40.9 Å². The molecule has 6 rings (SSSR count). The molecule has 3 heterocycles. The summed E-state index contributed by atoms with van der Waals surface area (Å²) in [5, 5.41) is 4.32. The van der Waals surface area contributed by atoms with Crippen molar-refractivity contribution in [1.29, 1.82) is 0 Å². The number of nitrogens with zero attached hydrogens (tertiary/aromatic N) is 4. The molecule has 1 fully saturated rings. The molecule has 0 bridgehead atoms. The number of ether oxygens (including phenoxy) is 1. The Morgan fingerprint density at radius 1 is 1.09 bits per heavy atom. The quantitative estimate of drug-likeness (QED) is 0.217. The number of benzene rings is 2. The fourth-order valence-electron chi connectivity index (χ4n) is 6.70. The second-order valence-electron chi connectivity index (χ2n) is 11.9. The fraction of sp³-hybridized carbons (Fsp3) is 0.457. The normalized spacial score (nSPS) is 16.3. The van der Waals surface area contributed by atoms with Crippen LogP contribution in [0.1, 0.15) is 79.0 Å². The highest BCUT2D eigenvalue weighted by atomic mass is 32.2. The van der Waals surface area contributed by atoms with Gasteiger partial charge in [-0.3, -0.25) is 14.3 Å². The number of amides is 2. The first kappa shape index (κ1) is 32.6. The summed E-state index contributed by atoms with van der Waals surface area (Å²) in [5.74, 6) is 0.754. The number of methoxy groups -OCH3 is 1. The van der Waals surface area contributed by atoms with E-state index in [4.69, 9.17) is 4.74 Å². The molecule has 1 saturated carbocycles.